The number of likely N-dealkylation sites (N-methyl/N-ethyl adjacent to an activating group) is 1. The van der Waals surface area contributed by atoms with Crippen molar-refractivity contribution >= 4 is 19.8 Å². The van der Waals surface area contributed by atoms with Crippen molar-refractivity contribution < 1.29 is 42.1 Å². The highest BCUT2D eigenvalue weighted by molar-refractivity contribution is 7.47. The van der Waals surface area contributed by atoms with Crippen LogP contribution >= 0.6 is 7.82 Å². The van der Waals surface area contributed by atoms with Crippen LogP contribution in [0.5, 0.6) is 0 Å². The van der Waals surface area contributed by atoms with E-state index in [0.29, 0.717) is 23.9 Å². The number of quaternary nitrogens is 1. The third-order valence-corrected chi connectivity index (χ3v) is 13.3. The number of phosphoric ester groups is 1. The molecule has 0 aromatic rings. The van der Waals surface area contributed by atoms with Crippen molar-refractivity contribution in [3.05, 3.63) is 12.2 Å². The van der Waals surface area contributed by atoms with Crippen molar-refractivity contribution in [3.8, 4) is 0 Å². The van der Waals surface area contributed by atoms with Crippen molar-refractivity contribution in [1.29, 1.82) is 0 Å². The molecule has 1 N–H and O–H groups in total. The highest BCUT2D eigenvalue weighted by Gasteiger charge is 2.27. The Bertz CT molecular complexity index is 1100. The van der Waals surface area contributed by atoms with E-state index in [2.05, 4.69) is 26.0 Å². The number of hydrogen-bond acceptors (Lipinski definition) is 7. The van der Waals surface area contributed by atoms with Gasteiger partial charge in [0.2, 0.25) is 0 Å². The summed E-state index contributed by atoms with van der Waals surface area (Å²) in [4.78, 5) is 35.6. The SMILES string of the molecule is CCCCCCCCC/C=C\CCCCCCCC(=O)OC(COC(=O)CCCCCCCCCCCCCCCCCCCCCCCCCC)COP(=O)(O)OCC[N+](C)(C)C. The minimum Gasteiger partial charge on any atom is -0.462 e. The molecule has 64 heavy (non-hydrogen) atoms. The third kappa shape index (κ3) is 50.2. The molecule has 0 aliphatic rings. The third-order valence-electron chi connectivity index (χ3n) is 12.3. The molecule has 0 aromatic heterocycles. The predicted octanol–water partition coefficient (Wildman–Crippen LogP) is 16.5. The van der Waals surface area contributed by atoms with Gasteiger partial charge in [0, 0.05) is 12.8 Å². The average Bonchev–Trinajstić information content (AvgIpc) is 3.25. The molecule has 9 nitrogen and oxygen atoms in total. The Morgan fingerprint density at radius 3 is 1.16 bits per heavy atom. The number of phosphoric acid groups is 1. The van der Waals surface area contributed by atoms with E-state index in [9.17, 15) is 19.0 Å². The summed E-state index contributed by atoms with van der Waals surface area (Å²) in [5, 5.41) is 0. The van der Waals surface area contributed by atoms with Gasteiger partial charge in [0.15, 0.2) is 6.10 Å². The summed E-state index contributed by atoms with van der Waals surface area (Å²) in [6.45, 7) is 4.47. The molecule has 0 aromatic carbocycles. The highest BCUT2D eigenvalue weighted by Crippen LogP contribution is 2.43. The molecular weight excluding hydrogens is 822 g/mol. The van der Waals surface area contributed by atoms with Crippen LogP contribution in [0, 0.1) is 0 Å². The van der Waals surface area contributed by atoms with E-state index in [1.807, 2.05) is 21.1 Å². The van der Waals surface area contributed by atoms with Crippen molar-refractivity contribution in [2.45, 2.75) is 277 Å². The Morgan fingerprint density at radius 1 is 0.469 bits per heavy atom. The second kappa shape index (κ2) is 46.8. The maximum atomic E-state index is 12.8. The Morgan fingerprint density at radius 2 is 0.797 bits per heavy atom. The van der Waals surface area contributed by atoms with Gasteiger partial charge in [-0.3, -0.25) is 18.6 Å². The average molecular weight is 929 g/mol. The monoisotopic (exact) mass is 929 g/mol. The Hall–Kier alpha value is -1.25. The van der Waals surface area contributed by atoms with Crippen LogP contribution in [-0.4, -0.2) is 74.9 Å². The lowest BCUT2D eigenvalue weighted by molar-refractivity contribution is -0.870. The zero-order chi connectivity index (χ0) is 47.1. The summed E-state index contributed by atoms with van der Waals surface area (Å²) in [5.41, 5.74) is 0. The number of nitrogens with zero attached hydrogens (tertiary/aromatic N) is 1. The van der Waals surface area contributed by atoms with E-state index in [-0.39, 0.29) is 25.6 Å². The van der Waals surface area contributed by atoms with Crippen LogP contribution in [0.25, 0.3) is 0 Å². The molecule has 2 atom stereocenters. The maximum absolute atomic E-state index is 12.8. The quantitative estimate of drug-likeness (QED) is 0.0211. The van der Waals surface area contributed by atoms with E-state index in [4.69, 9.17) is 18.5 Å². The molecular formula is C54H107NO8P+. The smallest absolute Gasteiger partial charge is 0.462 e. The molecule has 0 amide bonds. The van der Waals surface area contributed by atoms with Gasteiger partial charge in [0.1, 0.15) is 19.8 Å². The standard InChI is InChI=1S/C54H106NO8P/c1-6-8-10-12-14-16-18-20-22-24-25-26-27-28-29-30-31-33-34-36-38-40-42-44-46-53(56)60-50-52(51-62-64(58,59)61-49-48-55(3,4)5)63-54(57)47-45-43-41-39-37-35-32-23-21-19-17-15-13-11-9-7-2/h23,32,52H,6-22,24-31,33-51H2,1-5H3/p+1/b32-23-. The summed E-state index contributed by atoms with van der Waals surface area (Å²) < 4.78 is 34.5. The van der Waals surface area contributed by atoms with Gasteiger partial charge >= 0.3 is 19.8 Å². The van der Waals surface area contributed by atoms with E-state index in [1.165, 1.54) is 186 Å². The molecule has 10 heteroatoms. The summed E-state index contributed by atoms with van der Waals surface area (Å²) in [6, 6.07) is 0. The molecule has 0 aliphatic carbocycles. The minimum atomic E-state index is -4.38. The molecule has 0 spiro atoms. The lowest BCUT2D eigenvalue weighted by atomic mass is 10.0. The summed E-state index contributed by atoms with van der Waals surface area (Å²) in [7, 11) is 1.49. The first kappa shape index (κ1) is 62.8. The lowest BCUT2D eigenvalue weighted by Crippen LogP contribution is -2.37. The molecule has 0 saturated heterocycles. The number of carbonyl (C=O) groups excluding carboxylic acids is 2. The van der Waals surface area contributed by atoms with Crippen LogP contribution in [0.15, 0.2) is 12.2 Å². The molecule has 0 bridgehead atoms. The Kier molecular flexibility index (Phi) is 45.9. The second-order valence-corrected chi connectivity index (χ2v) is 21.4. The van der Waals surface area contributed by atoms with Gasteiger partial charge in [-0.05, 0) is 38.5 Å². The largest absolute Gasteiger partial charge is 0.472 e. The first-order valence-electron chi connectivity index (χ1n) is 27.4. The van der Waals surface area contributed by atoms with Crippen molar-refractivity contribution in [2.24, 2.45) is 0 Å². The number of rotatable bonds is 51. The van der Waals surface area contributed by atoms with Crippen LogP contribution < -0.4 is 0 Å². The van der Waals surface area contributed by atoms with E-state index >= 15 is 0 Å². The van der Waals surface area contributed by atoms with Gasteiger partial charge in [-0.25, -0.2) is 4.57 Å². The molecule has 2 unspecified atom stereocenters. The van der Waals surface area contributed by atoms with Gasteiger partial charge in [0.25, 0.3) is 0 Å². The minimum absolute atomic E-state index is 0.0336. The first-order chi connectivity index (χ1) is 31.0. The van der Waals surface area contributed by atoms with Crippen LogP contribution in [0.1, 0.15) is 271 Å². The van der Waals surface area contributed by atoms with Crippen LogP contribution in [0.4, 0.5) is 0 Å². The van der Waals surface area contributed by atoms with Crippen LogP contribution in [0.3, 0.4) is 0 Å². The zero-order valence-corrected chi connectivity index (χ0v) is 43.9. The van der Waals surface area contributed by atoms with Gasteiger partial charge in [0.05, 0.1) is 27.7 Å². The predicted molar refractivity (Wildman–Crippen MR) is 271 cm³/mol. The molecule has 0 heterocycles. The molecule has 0 aliphatic heterocycles. The number of hydrogen-bond donors (Lipinski definition) is 1. The van der Waals surface area contributed by atoms with Gasteiger partial charge in [-0.1, -0.05) is 231 Å². The van der Waals surface area contributed by atoms with Crippen molar-refractivity contribution in [1.82, 2.24) is 0 Å². The van der Waals surface area contributed by atoms with E-state index in [0.717, 1.165) is 51.4 Å². The lowest BCUT2D eigenvalue weighted by Gasteiger charge is -2.24. The van der Waals surface area contributed by atoms with Crippen molar-refractivity contribution in [2.75, 3.05) is 47.5 Å². The topological polar surface area (TPSA) is 108 Å². The normalized spacial score (nSPS) is 13.4. The molecule has 0 fully saturated rings. The number of carbonyl (C=O) groups is 2. The first-order valence-corrected chi connectivity index (χ1v) is 28.9. The van der Waals surface area contributed by atoms with Crippen LogP contribution in [0.2, 0.25) is 0 Å². The Balaban J connectivity index is 4.13. The van der Waals surface area contributed by atoms with Crippen molar-refractivity contribution in [3.63, 3.8) is 0 Å². The number of ether oxygens (including phenoxy) is 2. The molecule has 380 valence electrons. The second-order valence-electron chi connectivity index (χ2n) is 20.0. The fourth-order valence-corrected chi connectivity index (χ4v) is 8.75. The highest BCUT2D eigenvalue weighted by atomic mass is 31.2. The molecule has 0 saturated carbocycles. The Labute approximate surface area is 396 Å². The van der Waals surface area contributed by atoms with Gasteiger partial charge in [-0.2, -0.15) is 0 Å². The van der Waals surface area contributed by atoms with Gasteiger partial charge in [-0.15, -0.1) is 0 Å². The van der Waals surface area contributed by atoms with Gasteiger partial charge < -0.3 is 18.9 Å². The van der Waals surface area contributed by atoms with E-state index < -0.39 is 26.5 Å². The zero-order valence-electron chi connectivity index (χ0n) is 43.0. The molecule has 0 rings (SSSR count). The number of esters is 2. The summed E-state index contributed by atoms with van der Waals surface area (Å²) in [5.74, 6) is -0.791. The maximum Gasteiger partial charge on any atom is 0.472 e. The fraction of sp³-hybridized carbons (Fsp3) is 0.926. The fourth-order valence-electron chi connectivity index (χ4n) is 8.01. The number of unbranched alkanes of at least 4 members (excludes halogenated alkanes) is 35. The molecule has 0 radical (unpaired) electrons. The number of allylic oxidation sites excluding steroid dienone is 2. The summed E-state index contributed by atoms with van der Waals surface area (Å²) in [6.07, 6.45) is 52.7. The summed E-state index contributed by atoms with van der Waals surface area (Å²) >= 11 is 0. The van der Waals surface area contributed by atoms with Crippen LogP contribution in [-0.2, 0) is 32.7 Å². The van der Waals surface area contributed by atoms with E-state index in [1.54, 1.807) is 0 Å².